The number of benzene rings is 1. The molecule has 0 heterocycles. The first-order valence-corrected chi connectivity index (χ1v) is 5.37. The van der Waals surface area contributed by atoms with Crippen molar-refractivity contribution < 1.29 is 9.53 Å². The molecule has 3 nitrogen and oxygen atoms in total. The number of ether oxygens (including phenoxy) is 1. The number of hydrogen-bond acceptors (Lipinski definition) is 3. The summed E-state index contributed by atoms with van der Waals surface area (Å²) in [6.45, 7) is 3.92. The SMILES string of the molecule is CCOc1cc(N)c(I)cc1C(C)=O. The molecule has 14 heavy (non-hydrogen) atoms. The van der Waals surface area contributed by atoms with Gasteiger partial charge in [-0.2, -0.15) is 0 Å². The van der Waals surface area contributed by atoms with E-state index in [1.54, 1.807) is 12.1 Å². The minimum Gasteiger partial charge on any atom is -0.493 e. The van der Waals surface area contributed by atoms with Gasteiger partial charge in [0, 0.05) is 15.3 Å². The molecule has 0 atom stereocenters. The van der Waals surface area contributed by atoms with Gasteiger partial charge in [0.25, 0.3) is 0 Å². The van der Waals surface area contributed by atoms with Crippen molar-refractivity contribution in [2.75, 3.05) is 12.3 Å². The highest BCUT2D eigenvalue weighted by Crippen LogP contribution is 2.27. The normalized spacial score (nSPS) is 9.93. The van der Waals surface area contributed by atoms with Crippen LogP contribution in [-0.4, -0.2) is 12.4 Å². The topological polar surface area (TPSA) is 52.3 Å². The minimum absolute atomic E-state index is 0.00799. The molecule has 0 amide bonds. The highest BCUT2D eigenvalue weighted by Gasteiger charge is 2.11. The first-order chi connectivity index (χ1) is 6.56. The largest absolute Gasteiger partial charge is 0.493 e. The Balaban J connectivity index is 3.24. The van der Waals surface area contributed by atoms with Crippen molar-refractivity contribution >= 4 is 34.1 Å². The molecule has 0 aliphatic carbocycles. The Bertz CT molecular complexity index is 363. The van der Waals surface area contributed by atoms with E-state index in [1.807, 2.05) is 6.92 Å². The van der Waals surface area contributed by atoms with E-state index in [4.69, 9.17) is 10.5 Å². The quantitative estimate of drug-likeness (QED) is 0.530. The average Bonchev–Trinajstić information content (AvgIpc) is 2.11. The third-order valence-corrected chi connectivity index (χ3v) is 2.71. The second kappa shape index (κ2) is 4.63. The molecule has 0 radical (unpaired) electrons. The lowest BCUT2D eigenvalue weighted by Crippen LogP contribution is -2.03. The Kier molecular flexibility index (Phi) is 3.74. The Morgan fingerprint density at radius 2 is 2.21 bits per heavy atom. The van der Waals surface area contributed by atoms with Gasteiger partial charge < -0.3 is 10.5 Å². The number of halogens is 1. The highest BCUT2D eigenvalue weighted by molar-refractivity contribution is 14.1. The van der Waals surface area contributed by atoms with Crippen LogP contribution in [0.3, 0.4) is 0 Å². The second-order valence-electron chi connectivity index (χ2n) is 2.86. The maximum atomic E-state index is 11.3. The molecule has 1 aromatic carbocycles. The molecule has 0 unspecified atom stereocenters. The number of ketones is 1. The number of carbonyl (C=O) groups excluding carboxylic acids is 1. The first-order valence-electron chi connectivity index (χ1n) is 4.29. The maximum Gasteiger partial charge on any atom is 0.163 e. The number of hydrogen-bond donors (Lipinski definition) is 1. The summed E-state index contributed by atoms with van der Waals surface area (Å²) in [5.41, 5.74) is 6.95. The zero-order chi connectivity index (χ0) is 10.7. The van der Waals surface area contributed by atoms with Crippen LogP contribution in [-0.2, 0) is 0 Å². The summed E-state index contributed by atoms with van der Waals surface area (Å²) in [6, 6.07) is 3.45. The molecule has 76 valence electrons. The first kappa shape index (κ1) is 11.3. The van der Waals surface area contributed by atoms with Gasteiger partial charge in [-0.25, -0.2) is 0 Å². The summed E-state index contributed by atoms with van der Waals surface area (Å²) in [5.74, 6) is 0.560. The van der Waals surface area contributed by atoms with Crippen molar-refractivity contribution in [3.63, 3.8) is 0 Å². The van der Waals surface area contributed by atoms with E-state index in [0.29, 0.717) is 23.6 Å². The van der Waals surface area contributed by atoms with Gasteiger partial charge in [-0.3, -0.25) is 4.79 Å². The summed E-state index contributed by atoms with van der Waals surface area (Å²) in [6.07, 6.45) is 0. The van der Waals surface area contributed by atoms with Crippen molar-refractivity contribution in [2.45, 2.75) is 13.8 Å². The highest BCUT2D eigenvalue weighted by atomic mass is 127. The molecule has 1 rings (SSSR count). The van der Waals surface area contributed by atoms with Crippen molar-refractivity contribution in [3.05, 3.63) is 21.3 Å². The molecule has 0 spiro atoms. The number of carbonyl (C=O) groups is 1. The van der Waals surface area contributed by atoms with Crippen molar-refractivity contribution in [3.8, 4) is 5.75 Å². The Labute approximate surface area is 96.8 Å². The number of nitrogens with two attached hydrogens (primary N) is 1. The van der Waals surface area contributed by atoms with Gasteiger partial charge in [0.05, 0.1) is 12.2 Å². The van der Waals surface area contributed by atoms with Gasteiger partial charge in [-0.05, 0) is 42.5 Å². The van der Waals surface area contributed by atoms with E-state index in [9.17, 15) is 4.79 Å². The van der Waals surface area contributed by atoms with Crippen molar-refractivity contribution in [2.24, 2.45) is 0 Å². The summed E-state index contributed by atoms with van der Waals surface area (Å²) in [4.78, 5) is 11.3. The zero-order valence-corrected chi connectivity index (χ0v) is 10.3. The van der Waals surface area contributed by atoms with Crippen LogP contribution in [0, 0.1) is 3.57 Å². The summed E-state index contributed by atoms with van der Waals surface area (Å²) in [7, 11) is 0. The molecule has 0 aliphatic heterocycles. The number of rotatable bonds is 3. The van der Waals surface area contributed by atoms with E-state index < -0.39 is 0 Å². The molecule has 2 N–H and O–H groups in total. The molecule has 0 bridgehead atoms. The van der Waals surface area contributed by atoms with Crippen LogP contribution < -0.4 is 10.5 Å². The lowest BCUT2D eigenvalue weighted by molar-refractivity contribution is 0.101. The Morgan fingerprint density at radius 3 is 2.71 bits per heavy atom. The van der Waals surface area contributed by atoms with Crippen LogP contribution >= 0.6 is 22.6 Å². The number of Topliss-reactive ketones (excluding diaryl/α,β-unsaturated/α-hetero) is 1. The average molecular weight is 305 g/mol. The molecule has 0 fully saturated rings. The Hall–Kier alpha value is -0.780. The second-order valence-corrected chi connectivity index (χ2v) is 4.02. The van der Waals surface area contributed by atoms with E-state index >= 15 is 0 Å². The molecule has 4 heteroatoms. The fourth-order valence-corrected chi connectivity index (χ4v) is 1.59. The summed E-state index contributed by atoms with van der Waals surface area (Å²) < 4.78 is 6.20. The molecular weight excluding hydrogens is 293 g/mol. The standard InChI is InChI=1S/C10H12INO2/c1-3-14-10-5-9(12)8(11)4-7(10)6(2)13/h4-5H,3,12H2,1-2H3. The molecule has 1 aromatic rings. The third kappa shape index (κ3) is 2.37. The van der Waals surface area contributed by atoms with Gasteiger partial charge in [-0.15, -0.1) is 0 Å². The minimum atomic E-state index is -0.00799. The van der Waals surface area contributed by atoms with Crippen LogP contribution in [0.5, 0.6) is 5.75 Å². The molecular formula is C10H12INO2. The zero-order valence-electron chi connectivity index (χ0n) is 8.13. The summed E-state index contributed by atoms with van der Waals surface area (Å²) in [5, 5.41) is 0. The fraction of sp³-hybridized carbons (Fsp3) is 0.300. The molecule has 0 aliphatic rings. The van der Waals surface area contributed by atoms with Crippen LogP contribution in [0.15, 0.2) is 12.1 Å². The lowest BCUT2D eigenvalue weighted by atomic mass is 10.1. The van der Waals surface area contributed by atoms with Gasteiger partial charge >= 0.3 is 0 Å². The van der Waals surface area contributed by atoms with E-state index in [1.165, 1.54) is 6.92 Å². The van der Waals surface area contributed by atoms with E-state index in [2.05, 4.69) is 22.6 Å². The third-order valence-electron chi connectivity index (χ3n) is 1.78. The van der Waals surface area contributed by atoms with E-state index in [0.717, 1.165) is 3.57 Å². The Morgan fingerprint density at radius 1 is 1.57 bits per heavy atom. The van der Waals surface area contributed by atoms with Crippen LogP contribution in [0.25, 0.3) is 0 Å². The fourth-order valence-electron chi connectivity index (χ4n) is 1.12. The van der Waals surface area contributed by atoms with Crippen molar-refractivity contribution in [1.29, 1.82) is 0 Å². The monoisotopic (exact) mass is 305 g/mol. The lowest BCUT2D eigenvalue weighted by Gasteiger charge is -2.09. The summed E-state index contributed by atoms with van der Waals surface area (Å²) >= 11 is 2.10. The number of anilines is 1. The van der Waals surface area contributed by atoms with Crippen molar-refractivity contribution in [1.82, 2.24) is 0 Å². The van der Waals surface area contributed by atoms with Gasteiger partial charge in [-0.1, -0.05) is 0 Å². The molecule has 0 aromatic heterocycles. The molecule has 0 saturated carbocycles. The van der Waals surface area contributed by atoms with Crippen LogP contribution in [0.4, 0.5) is 5.69 Å². The van der Waals surface area contributed by atoms with Gasteiger partial charge in [0.2, 0.25) is 0 Å². The van der Waals surface area contributed by atoms with Crippen LogP contribution in [0.2, 0.25) is 0 Å². The predicted molar refractivity (Wildman–Crippen MR) is 64.7 cm³/mol. The van der Waals surface area contributed by atoms with Gasteiger partial charge in [0.1, 0.15) is 5.75 Å². The maximum absolute atomic E-state index is 11.3. The van der Waals surface area contributed by atoms with Crippen LogP contribution in [0.1, 0.15) is 24.2 Å². The molecule has 0 saturated heterocycles. The predicted octanol–water partition coefficient (Wildman–Crippen LogP) is 2.47. The smallest absolute Gasteiger partial charge is 0.163 e. The van der Waals surface area contributed by atoms with E-state index in [-0.39, 0.29) is 5.78 Å². The van der Waals surface area contributed by atoms with Gasteiger partial charge in [0.15, 0.2) is 5.78 Å². The number of nitrogen functional groups attached to an aromatic ring is 1.